The van der Waals surface area contributed by atoms with Crippen LogP contribution in [0.25, 0.3) is 0 Å². The van der Waals surface area contributed by atoms with Crippen LogP contribution in [0, 0.1) is 17.6 Å². The van der Waals surface area contributed by atoms with Gasteiger partial charge in [-0.05, 0) is 25.5 Å². The summed E-state index contributed by atoms with van der Waals surface area (Å²) in [6.45, 7) is 1.46. The van der Waals surface area contributed by atoms with Crippen LogP contribution in [0.4, 0.5) is 8.78 Å². The number of Topliss-reactive ketones (excluding diaryl/α,β-unsaturated/α-hetero) is 1. The summed E-state index contributed by atoms with van der Waals surface area (Å²) in [7, 11) is 0. The van der Waals surface area contributed by atoms with Crippen molar-refractivity contribution in [2.45, 2.75) is 19.3 Å². The molecule has 0 bridgehead atoms. The normalized spacial score (nSPS) is 24.8. The maximum Gasteiger partial charge on any atom is 0.133 e. The standard InChI is InChI=1S/C11H10F2O/c1-6(14)7-5-8(7)11-9(12)3-2-4-10(11)13/h2-4,7-8H,5H2,1H3/t7-,8+/m0/s1. The van der Waals surface area contributed by atoms with Gasteiger partial charge in [-0.2, -0.15) is 0 Å². The summed E-state index contributed by atoms with van der Waals surface area (Å²) in [5, 5.41) is 0. The van der Waals surface area contributed by atoms with Crippen molar-refractivity contribution in [3.8, 4) is 0 Å². The molecule has 1 fully saturated rings. The monoisotopic (exact) mass is 196 g/mol. The molecule has 3 heteroatoms. The zero-order chi connectivity index (χ0) is 10.3. The molecule has 0 saturated heterocycles. The molecule has 0 unspecified atom stereocenters. The van der Waals surface area contributed by atoms with E-state index in [0.717, 1.165) is 0 Å². The maximum absolute atomic E-state index is 13.2. The Morgan fingerprint density at radius 1 is 1.36 bits per heavy atom. The molecule has 0 radical (unpaired) electrons. The fourth-order valence-electron chi connectivity index (χ4n) is 1.83. The van der Waals surface area contributed by atoms with Crippen molar-refractivity contribution < 1.29 is 13.6 Å². The summed E-state index contributed by atoms with van der Waals surface area (Å²) in [6, 6.07) is 3.79. The Hall–Kier alpha value is -1.25. The highest BCUT2D eigenvalue weighted by Crippen LogP contribution is 2.49. The summed E-state index contributed by atoms with van der Waals surface area (Å²) in [5.41, 5.74) is 0.0766. The van der Waals surface area contributed by atoms with Crippen LogP contribution < -0.4 is 0 Å². The van der Waals surface area contributed by atoms with Gasteiger partial charge in [-0.25, -0.2) is 8.78 Å². The van der Waals surface area contributed by atoms with Crippen LogP contribution in [-0.4, -0.2) is 5.78 Å². The van der Waals surface area contributed by atoms with Crippen LogP contribution in [0.1, 0.15) is 24.8 Å². The summed E-state index contributed by atoms with van der Waals surface area (Å²) in [4.78, 5) is 11.0. The molecular weight excluding hydrogens is 186 g/mol. The minimum atomic E-state index is -0.543. The van der Waals surface area contributed by atoms with E-state index in [-0.39, 0.29) is 23.2 Å². The molecule has 0 aromatic heterocycles. The van der Waals surface area contributed by atoms with Gasteiger partial charge < -0.3 is 0 Å². The molecule has 2 rings (SSSR count). The molecule has 1 aromatic carbocycles. The van der Waals surface area contributed by atoms with Crippen molar-refractivity contribution in [1.29, 1.82) is 0 Å². The van der Waals surface area contributed by atoms with Crippen LogP contribution >= 0.6 is 0 Å². The van der Waals surface area contributed by atoms with Gasteiger partial charge in [-0.3, -0.25) is 4.79 Å². The molecule has 0 heterocycles. The fraction of sp³-hybridized carbons (Fsp3) is 0.364. The lowest BCUT2D eigenvalue weighted by Crippen LogP contribution is -1.99. The SMILES string of the molecule is CC(=O)[C@@H]1C[C@H]1c1c(F)cccc1F. The summed E-state index contributed by atoms with van der Waals surface area (Å²) in [6.07, 6.45) is 0.577. The highest BCUT2D eigenvalue weighted by molar-refractivity contribution is 5.82. The number of hydrogen-bond acceptors (Lipinski definition) is 1. The first-order valence-electron chi connectivity index (χ1n) is 4.55. The van der Waals surface area contributed by atoms with Gasteiger partial charge >= 0.3 is 0 Å². The average molecular weight is 196 g/mol. The largest absolute Gasteiger partial charge is 0.300 e. The summed E-state index contributed by atoms with van der Waals surface area (Å²) < 4.78 is 26.5. The predicted molar refractivity (Wildman–Crippen MR) is 47.9 cm³/mol. The number of benzene rings is 1. The van der Waals surface area contributed by atoms with E-state index in [9.17, 15) is 13.6 Å². The van der Waals surface area contributed by atoms with E-state index in [1.165, 1.54) is 25.1 Å². The van der Waals surface area contributed by atoms with E-state index in [2.05, 4.69) is 0 Å². The van der Waals surface area contributed by atoms with E-state index in [1.807, 2.05) is 0 Å². The second-order valence-corrected chi connectivity index (χ2v) is 3.69. The Kier molecular flexibility index (Phi) is 2.10. The predicted octanol–water partition coefficient (Wildman–Crippen LogP) is 2.66. The zero-order valence-electron chi connectivity index (χ0n) is 7.76. The molecular formula is C11H10F2O. The topological polar surface area (TPSA) is 17.1 Å². The first kappa shape index (κ1) is 9.31. The van der Waals surface area contributed by atoms with E-state index in [4.69, 9.17) is 0 Å². The van der Waals surface area contributed by atoms with Crippen molar-refractivity contribution in [3.05, 3.63) is 35.4 Å². The fourth-order valence-corrected chi connectivity index (χ4v) is 1.83. The lowest BCUT2D eigenvalue weighted by Gasteiger charge is -2.02. The smallest absolute Gasteiger partial charge is 0.133 e. The van der Waals surface area contributed by atoms with Crippen molar-refractivity contribution in [3.63, 3.8) is 0 Å². The van der Waals surface area contributed by atoms with Gasteiger partial charge in [-0.15, -0.1) is 0 Å². The Labute approximate surface area is 80.7 Å². The molecule has 74 valence electrons. The van der Waals surface area contributed by atoms with Crippen molar-refractivity contribution in [1.82, 2.24) is 0 Å². The van der Waals surface area contributed by atoms with Crippen LogP contribution in [-0.2, 0) is 4.79 Å². The molecule has 1 aromatic rings. The first-order chi connectivity index (χ1) is 6.61. The van der Waals surface area contributed by atoms with Gasteiger partial charge in [-0.1, -0.05) is 6.07 Å². The third kappa shape index (κ3) is 1.43. The van der Waals surface area contributed by atoms with Gasteiger partial charge in [0.15, 0.2) is 0 Å². The Morgan fingerprint density at radius 2 is 1.93 bits per heavy atom. The minimum absolute atomic E-state index is 0.0117. The van der Waals surface area contributed by atoms with Gasteiger partial charge in [0.2, 0.25) is 0 Å². The zero-order valence-corrected chi connectivity index (χ0v) is 7.76. The molecule has 1 aliphatic rings. The van der Waals surface area contributed by atoms with E-state index >= 15 is 0 Å². The Morgan fingerprint density at radius 3 is 2.36 bits per heavy atom. The molecule has 1 nitrogen and oxygen atoms in total. The van der Waals surface area contributed by atoms with Gasteiger partial charge in [0.1, 0.15) is 17.4 Å². The Bertz CT molecular complexity index is 367. The number of ketones is 1. The molecule has 1 aliphatic carbocycles. The maximum atomic E-state index is 13.2. The number of halogens is 2. The molecule has 14 heavy (non-hydrogen) atoms. The second kappa shape index (κ2) is 3.15. The third-order valence-corrected chi connectivity index (χ3v) is 2.68. The van der Waals surface area contributed by atoms with Crippen LogP contribution in [0.15, 0.2) is 18.2 Å². The van der Waals surface area contributed by atoms with Crippen molar-refractivity contribution in [2.75, 3.05) is 0 Å². The lowest BCUT2D eigenvalue weighted by atomic mass is 10.1. The number of rotatable bonds is 2. The van der Waals surface area contributed by atoms with Crippen molar-refractivity contribution >= 4 is 5.78 Å². The van der Waals surface area contributed by atoms with Gasteiger partial charge in [0, 0.05) is 17.4 Å². The molecule has 0 N–H and O–H groups in total. The second-order valence-electron chi connectivity index (χ2n) is 3.69. The van der Waals surface area contributed by atoms with Gasteiger partial charge in [0.05, 0.1) is 0 Å². The minimum Gasteiger partial charge on any atom is -0.300 e. The Balaban J connectivity index is 2.31. The van der Waals surface area contributed by atoms with Gasteiger partial charge in [0.25, 0.3) is 0 Å². The molecule has 2 atom stereocenters. The van der Waals surface area contributed by atoms with Crippen LogP contribution in [0.2, 0.25) is 0 Å². The van der Waals surface area contributed by atoms with E-state index < -0.39 is 11.6 Å². The van der Waals surface area contributed by atoms with E-state index in [0.29, 0.717) is 6.42 Å². The molecule has 1 saturated carbocycles. The lowest BCUT2D eigenvalue weighted by molar-refractivity contribution is -0.118. The highest BCUT2D eigenvalue weighted by Gasteiger charge is 2.44. The van der Waals surface area contributed by atoms with E-state index in [1.54, 1.807) is 0 Å². The van der Waals surface area contributed by atoms with Crippen LogP contribution in [0.3, 0.4) is 0 Å². The number of hydrogen-bond donors (Lipinski definition) is 0. The quantitative estimate of drug-likeness (QED) is 0.710. The number of carbonyl (C=O) groups is 1. The van der Waals surface area contributed by atoms with Crippen molar-refractivity contribution in [2.24, 2.45) is 5.92 Å². The van der Waals surface area contributed by atoms with Crippen LogP contribution in [0.5, 0.6) is 0 Å². The molecule has 0 amide bonds. The number of carbonyl (C=O) groups excluding carboxylic acids is 1. The molecule has 0 aliphatic heterocycles. The third-order valence-electron chi connectivity index (χ3n) is 2.68. The summed E-state index contributed by atoms with van der Waals surface area (Å²) >= 11 is 0. The first-order valence-corrected chi connectivity index (χ1v) is 4.55. The highest BCUT2D eigenvalue weighted by atomic mass is 19.1. The molecule has 0 spiro atoms. The average Bonchev–Trinajstić information content (AvgIpc) is 2.83. The summed E-state index contributed by atoms with van der Waals surface area (Å²) in [5.74, 6) is -1.50.